The number of ether oxygens (including phenoxy) is 3. The maximum atomic E-state index is 13.7. The van der Waals surface area contributed by atoms with E-state index >= 15 is 0 Å². The number of hydrogen-bond acceptors (Lipinski definition) is 5. The number of rotatable bonds is 5. The number of halogens is 1. The second kappa shape index (κ2) is 6.60. The monoisotopic (exact) mass is 359 g/mol. The molecule has 0 fully saturated rings. The lowest BCUT2D eigenvalue weighted by Gasteiger charge is -2.07. The van der Waals surface area contributed by atoms with Crippen molar-refractivity contribution in [2.75, 3.05) is 19.9 Å². The van der Waals surface area contributed by atoms with Crippen LogP contribution in [0.25, 0.3) is 10.1 Å². The fourth-order valence-electron chi connectivity index (χ4n) is 2.52. The maximum Gasteiger partial charge on any atom is 0.261 e. The Kier molecular flexibility index (Phi) is 4.15. The molecule has 0 spiro atoms. The topological polar surface area (TPSA) is 56.8 Å². The Bertz CT molecular complexity index is 940. The van der Waals surface area contributed by atoms with Gasteiger partial charge in [-0.2, -0.15) is 0 Å². The molecule has 0 atom stereocenters. The van der Waals surface area contributed by atoms with Gasteiger partial charge in [0.2, 0.25) is 6.79 Å². The number of nitrogens with one attached hydrogen (secondary N) is 1. The van der Waals surface area contributed by atoms with Crippen LogP contribution < -0.4 is 19.5 Å². The molecule has 0 saturated carbocycles. The van der Waals surface area contributed by atoms with Crippen molar-refractivity contribution in [1.82, 2.24) is 5.32 Å². The third-order valence-corrected chi connectivity index (χ3v) is 4.83. The van der Waals surface area contributed by atoms with E-state index in [-0.39, 0.29) is 18.5 Å². The second-order valence-corrected chi connectivity index (χ2v) is 6.47. The third kappa shape index (κ3) is 3.23. The van der Waals surface area contributed by atoms with Gasteiger partial charge in [0.15, 0.2) is 11.5 Å². The number of carbonyl (C=O) groups excluding carboxylic acids is 1. The lowest BCUT2D eigenvalue weighted by Crippen LogP contribution is -2.27. The first-order valence-electron chi connectivity index (χ1n) is 7.69. The normalized spacial score (nSPS) is 12.4. The molecule has 4 rings (SSSR count). The van der Waals surface area contributed by atoms with Crippen molar-refractivity contribution in [2.45, 2.75) is 0 Å². The first kappa shape index (κ1) is 15.7. The Labute approximate surface area is 146 Å². The Hall–Kier alpha value is -2.80. The highest BCUT2D eigenvalue weighted by Gasteiger charge is 2.14. The van der Waals surface area contributed by atoms with Crippen LogP contribution >= 0.6 is 11.3 Å². The molecule has 0 bridgehead atoms. The molecular formula is C18H14FNO4S. The molecule has 1 amide bonds. The number of carbonyl (C=O) groups is 1. The molecular weight excluding hydrogens is 345 g/mol. The van der Waals surface area contributed by atoms with Crippen LogP contribution in [0.3, 0.4) is 0 Å². The van der Waals surface area contributed by atoms with Gasteiger partial charge >= 0.3 is 0 Å². The summed E-state index contributed by atoms with van der Waals surface area (Å²) in [5.41, 5.74) is 0. The molecule has 0 unspecified atom stereocenters. The van der Waals surface area contributed by atoms with Crippen LogP contribution in [0.1, 0.15) is 9.67 Å². The fourth-order valence-corrected chi connectivity index (χ4v) is 3.52. The SMILES string of the molecule is O=C(NCCOc1ccc2c(c1)OCO2)c1cc2c(F)cccc2s1. The summed E-state index contributed by atoms with van der Waals surface area (Å²) in [6.45, 7) is 0.860. The zero-order valence-corrected chi connectivity index (χ0v) is 13.9. The largest absolute Gasteiger partial charge is 0.492 e. The minimum absolute atomic E-state index is 0.213. The molecule has 2 heterocycles. The van der Waals surface area contributed by atoms with E-state index < -0.39 is 0 Å². The van der Waals surface area contributed by atoms with Crippen LogP contribution in [-0.2, 0) is 0 Å². The number of fused-ring (bicyclic) bond motifs is 2. The summed E-state index contributed by atoms with van der Waals surface area (Å²) in [6.07, 6.45) is 0. The quantitative estimate of drug-likeness (QED) is 0.708. The van der Waals surface area contributed by atoms with Crippen molar-refractivity contribution in [3.63, 3.8) is 0 Å². The first-order valence-corrected chi connectivity index (χ1v) is 8.51. The van der Waals surface area contributed by atoms with Gasteiger partial charge in [-0.05, 0) is 30.3 Å². The molecule has 0 radical (unpaired) electrons. The van der Waals surface area contributed by atoms with Crippen molar-refractivity contribution < 1.29 is 23.4 Å². The summed E-state index contributed by atoms with van der Waals surface area (Å²) >= 11 is 1.26. The standard InChI is InChI=1S/C18H14FNO4S/c19-13-2-1-3-16-12(13)9-17(25-16)18(21)20-6-7-22-11-4-5-14-15(8-11)24-10-23-14/h1-5,8-9H,6-7,10H2,(H,20,21). The predicted octanol–water partition coefficient (Wildman–Crippen LogP) is 3.58. The molecule has 25 heavy (non-hydrogen) atoms. The molecule has 2 aromatic carbocycles. The van der Waals surface area contributed by atoms with E-state index in [0.29, 0.717) is 40.7 Å². The van der Waals surface area contributed by atoms with Gasteiger partial charge in [-0.15, -0.1) is 11.3 Å². The molecule has 0 aliphatic carbocycles. The molecule has 7 heteroatoms. The number of benzene rings is 2. The zero-order chi connectivity index (χ0) is 17.2. The van der Waals surface area contributed by atoms with Gasteiger partial charge in [0, 0.05) is 16.2 Å². The highest BCUT2D eigenvalue weighted by atomic mass is 32.1. The lowest BCUT2D eigenvalue weighted by molar-refractivity contribution is 0.0951. The molecule has 1 aliphatic heterocycles. The van der Waals surface area contributed by atoms with Gasteiger partial charge in [0.05, 0.1) is 11.4 Å². The van der Waals surface area contributed by atoms with E-state index in [1.807, 2.05) is 0 Å². The molecule has 1 aromatic heterocycles. The number of thiophene rings is 1. The third-order valence-electron chi connectivity index (χ3n) is 3.73. The first-order chi connectivity index (χ1) is 12.2. The zero-order valence-electron chi connectivity index (χ0n) is 13.1. The number of amides is 1. The van der Waals surface area contributed by atoms with Gasteiger partial charge < -0.3 is 19.5 Å². The van der Waals surface area contributed by atoms with Crippen molar-refractivity contribution in [1.29, 1.82) is 0 Å². The molecule has 1 aliphatic rings. The van der Waals surface area contributed by atoms with Crippen LogP contribution in [0.5, 0.6) is 17.2 Å². The van der Waals surface area contributed by atoms with Gasteiger partial charge in [-0.1, -0.05) is 6.07 Å². The van der Waals surface area contributed by atoms with Gasteiger partial charge in [0.25, 0.3) is 5.91 Å². The van der Waals surface area contributed by atoms with E-state index in [0.717, 1.165) is 4.70 Å². The van der Waals surface area contributed by atoms with E-state index in [4.69, 9.17) is 14.2 Å². The van der Waals surface area contributed by atoms with Crippen LogP contribution in [-0.4, -0.2) is 25.9 Å². The average Bonchev–Trinajstić information content (AvgIpc) is 3.25. The highest BCUT2D eigenvalue weighted by molar-refractivity contribution is 7.20. The fraction of sp³-hybridized carbons (Fsp3) is 0.167. The maximum absolute atomic E-state index is 13.7. The second-order valence-electron chi connectivity index (χ2n) is 5.38. The summed E-state index contributed by atoms with van der Waals surface area (Å²) < 4.78 is 30.5. The highest BCUT2D eigenvalue weighted by Crippen LogP contribution is 2.35. The molecule has 0 saturated heterocycles. The van der Waals surface area contributed by atoms with Gasteiger partial charge in [-0.3, -0.25) is 4.79 Å². The average molecular weight is 359 g/mol. The number of hydrogen-bond donors (Lipinski definition) is 1. The minimum atomic E-state index is -0.320. The summed E-state index contributed by atoms with van der Waals surface area (Å²) in [5, 5.41) is 3.24. The Balaban J connectivity index is 1.32. The van der Waals surface area contributed by atoms with E-state index in [2.05, 4.69) is 5.32 Å². The summed E-state index contributed by atoms with van der Waals surface area (Å²) in [6, 6.07) is 11.7. The van der Waals surface area contributed by atoms with E-state index in [1.165, 1.54) is 17.4 Å². The molecule has 5 nitrogen and oxygen atoms in total. The summed E-state index contributed by atoms with van der Waals surface area (Å²) in [5.74, 6) is 1.42. The van der Waals surface area contributed by atoms with Crippen LogP contribution in [0, 0.1) is 5.82 Å². The van der Waals surface area contributed by atoms with Gasteiger partial charge in [0.1, 0.15) is 18.2 Å². The van der Waals surface area contributed by atoms with E-state index in [9.17, 15) is 9.18 Å². The summed E-state index contributed by atoms with van der Waals surface area (Å²) in [4.78, 5) is 12.7. The van der Waals surface area contributed by atoms with Gasteiger partial charge in [-0.25, -0.2) is 4.39 Å². The Morgan fingerprint density at radius 3 is 2.96 bits per heavy atom. The van der Waals surface area contributed by atoms with E-state index in [1.54, 1.807) is 36.4 Å². The minimum Gasteiger partial charge on any atom is -0.492 e. The Morgan fingerprint density at radius 1 is 1.20 bits per heavy atom. The van der Waals surface area contributed by atoms with Crippen LogP contribution in [0.4, 0.5) is 4.39 Å². The van der Waals surface area contributed by atoms with Crippen LogP contribution in [0.2, 0.25) is 0 Å². The molecule has 3 aromatic rings. The predicted molar refractivity (Wildman–Crippen MR) is 92.2 cm³/mol. The Morgan fingerprint density at radius 2 is 2.08 bits per heavy atom. The van der Waals surface area contributed by atoms with Crippen molar-refractivity contribution >= 4 is 27.3 Å². The lowest BCUT2D eigenvalue weighted by atomic mass is 10.2. The smallest absolute Gasteiger partial charge is 0.261 e. The van der Waals surface area contributed by atoms with Crippen molar-refractivity contribution in [3.8, 4) is 17.2 Å². The molecule has 1 N–H and O–H groups in total. The van der Waals surface area contributed by atoms with Crippen molar-refractivity contribution in [2.24, 2.45) is 0 Å². The van der Waals surface area contributed by atoms with Crippen molar-refractivity contribution in [3.05, 3.63) is 53.2 Å². The molecule has 128 valence electrons. The summed E-state index contributed by atoms with van der Waals surface area (Å²) in [7, 11) is 0. The van der Waals surface area contributed by atoms with Crippen LogP contribution in [0.15, 0.2) is 42.5 Å².